The smallest absolute Gasteiger partial charge is 0.420 e. The molecule has 0 amide bonds. The van der Waals surface area contributed by atoms with Gasteiger partial charge in [0.15, 0.2) is 0 Å². The van der Waals surface area contributed by atoms with Gasteiger partial charge in [0, 0.05) is 22.1 Å². The predicted octanol–water partition coefficient (Wildman–Crippen LogP) is 4.33. The number of rotatable bonds is 1. The molecular formula is C12H9BrF3NO. The van der Waals surface area contributed by atoms with E-state index in [1.807, 2.05) is 0 Å². The van der Waals surface area contributed by atoms with Crippen LogP contribution in [0.1, 0.15) is 11.1 Å². The lowest BCUT2D eigenvalue weighted by molar-refractivity contribution is -0.139. The van der Waals surface area contributed by atoms with Gasteiger partial charge < -0.3 is 4.74 Å². The van der Waals surface area contributed by atoms with E-state index < -0.39 is 11.7 Å². The fraction of sp³-hybridized carbons (Fsp3) is 0.250. The van der Waals surface area contributed by atoms with Gasteiger partial charge in [-0.1, -0.05) is 0 Å². The molecule has 0 bridgehead atoms. The van der Waals surface area contributed by atoms with E-state index in [1.165, 1.54) is 26.3 Å². The highest BCUT2D eigenvalue weighted by atomic mass is 79.9. The number of nitrogens with zero attached hydrogens (tertiary/aromatic N) is 1. The highest BCUT2D eigenvalue weighted by molar-refractivity contribution is 9.10. The zero-order valence-electron chi connectivity index (χ0n) is 9.60. The molecule has 0 spiro atoms. The van der Waals surface area contributed by atoms with Crippen molar-refractivity contribution in [2.75, 3.05) is 7.11 Å². The Labute approximate surface area is 110 Å². The van der Waals surface area contributed by atoms with Gasteiger partial charge in [-0.2, -0.15) is 13.2 Å². The highest BCUT2D eigenvalue weighted by Gasteiger charge is 2.37. The van der Waals surface area contributed by atoms with E-state index in [9.17, 15) is 13.2 Å². The Morgan fingerprint density at radius 1 is 1.28 bits per heavy atom. The van der Waals surface area contributed by atoms with E-state index >= 15 is 0 Å². The van der Waals surface area contributed by atoms with Crippen molar-refractivity contribution in [3.05, 3.63) is 33.9 Å². The fourth-order valence-corrected chi connectivity index (χ4v) is 2.23. The Morgan fingerprint density at radius 2 is 1.94 bits per heavy atom. The van der Waals surface area contributed by atoms with Crippen LogP contribution in [-0.4, -0.2) is 12.1 Å². The van der Waals surface area contributed by atoms with E-state index in [-0.39, 0.29) is 11.3 Å². The molecule has 0 N–H and O–H groups in total. The minimum Gasteiger partial charge on any atom is -0.496 e. The summed E-state index contributed by atoms with van der Waals surface area (Å²) in [6.45, 7) is 1.42. The van der Waals surface area contributed by atoms with E-state index in [2.05, 4.69) is 20.9 Å². The number of aromatic nitrogens is 1. The zero-order chi connectivity index (χ0) is 13.5. The molecule has 2 aromatic rings. The predicted molar refractivity (Wildman–Crippen MR) is 65.7 cm³/mol. The van der Waals surface area contributed by atoms with Gasteiger partial charge in [-0.05, 0) is 34.5 Å². The van der Waals surface area contributed by atoms with Crippen molar-refractivity contribution in [3.8, 4) is 5.75 Å². The number of hydrogen-bond donors (Lipinski definition) is 0. The second-order valence-electron chi connectivity index (χ2n) is 3.80. The van der Waals surface area contributed by atoms with Crippen LogP contribution >= 0.6 is 15.9 Å². The molecule has 2 rings (SSSR count). The Hall–Kier alpha value is -1.30. The lowest BCUT2D eigenvalue weighted by atomic mass is 10.0. The molecule has 0 fully saturated rings. The molecule has 1 heterocycles. The molecule has 0 aliphatic heterocycles. The van der Waals surface area contributed by atoms with Crippen LogP contribution < -0.4 is 4.74 Å². The van der Waals surface area contributed by atoms with Crippen LogP contribution in [0.15, 0.2) is 22.8 Å². The topological polar surface area (TPSA) is 22.1 Å². The van der Waals surface area contributed by atoms with Gasteiger partial charge in [-0.3, -0.25) is 4.98 Å². The molecule has 0 atom stereocenters. The third-order valence-corrected chi connectivity index (χ3v) is 3.12. The van der Waals surface area contributed by atoms with Crippen molar-refractivity contribution in [3.63, 3.8) is 0 Å². The summed E-state index contributed by atoms with van der Waals surface area (Å²) in [6, 6.07) is 2.92. The molecule has 18 heavy (non-hydrogen) atoms. The number of alkyl halides is 3. The first kappa shape index (κ1) is 13.1. The summed E-state index contributed by atoms with van der Waals surface area (Å²) < 4.78 is 44.5. The Balaban J connectivity index is 2.88. The number of halogens is 4. The lowest BCUT2D eigenvalue weighted by Gasteiger charge is -2.16. The molecule has 0 radical (unpaired) electrons. The van der Waals surface area contributed by atoms with Crippen LogP contribution in [0.4, 0.5) is 13.2 Å². The number of aryl methyl sites for hydroxylation is 1. The molecule has 6 heteroatoms. The molecule has 0 saturated heterocycles. The number of pyridine rings is 1. The molecule has 96 valence electrons. The van der Waals surface area contributed by atoms with Crippen molar-refractivity contribution < 1.29 is 17.9 Å². The lowest BCUT2D eigenvalue weighted by Crippen LogP contribution is -2.10. The largest absolute Gasteiger partial charge is 0.496 e. The second kappa shape index (κ2) is 4.42. The van der Waals surface area contributed by atoms with Gasteiger partial charge >= 0.3 is 6.18 Å². The van der Waals surface area contributed by atoms with Crippen molar-refractivity contribution in [2.45, 2.75) is 13.1 Å². The van der Waals surface area contributed by atoms with Crippen LogP contribution in [0.3, 0.4) is 0 Å². The molecule has 0 saturated carbocycles. The van der Waals surface area contributed by atoms with Crippen LogP contribution in [0.5, 0.6) is 5.75 Å². The molecule has 1 aromatic carbocycles. The van der Waals surface area contributed by atoms with Crippen LogP contribution in [0.25, 0.3) is 10.9 Å². The maximum atomic E-state index is 13.0. The summed E-state index contributed by atoms with van der Waals surface area (Å²) in [6.07, 6.45) is -2.92. The van der Waals surface area contributed by atoms with Crippen LogP contribution in [0.2, 0.25) is 0 Å². The van der Waals surface area contributed by atoms with Gasteiger partial charge in [0.1, 0.15) is 11.3 Å². The summed E-state index contributed by atoms with van der Waals surface area (Å²) in [7, 11) is 1.22. The number of ether oxygens (including phenoxy) is 1. The number of fused-ring (bicyclic) bond motifs is 1. The Bertz CT molecular complexity index is 610. The monoisotopic (exact) mass is 319 g/mol. The number of benzene rings is 1. The third kappa shape index (κ3) is 2.16. The fourth-order valence-electron chi connectivity index (χ4n) is 1.89. The van der Waals surface area contributed by atoms with Crippen molar-refractivity contribution in [1.82, 2.24) is 4.98 Å². The minimum atomic E-state index is -4.45. The Kier molecular flexibility index (Phi) is 3.23. The maximum absolute atomic E-state index is 13.0. The molecule has 0 aliphatic carbocycles. The molecule has 1 aromatic heterocycles. The van der Waals surface area contributed by atoms with E-state index in [0.29, 0.717) is 15.4 Å². The summed E-state index contributed by atoms with van der Waals surface area (Å²) >= 11 is 3.20. The third-order valence-electron chi connectivity index (χ3n) is 2.68. The minimum absolute atomic E-state index is 0.116. The maximum Gasteiger partial charge on any atom is 0.420 e. The molecule has 2 nitrogen and oxygen atoms in total. The van der Waals surface area contributed by atoms with E-state index in [0.717, 1.165) is 0 Å². The molecule has 0 unspecified atom stereocenters. The van der Waals surface area contributed by atoms with Gasteiger partial charge in [-0.25, -0.2) is 0 Å². The zero-order valence-corrected chi connectivity index (χ0v) is 11.2. The van der Waals surface area contributed by atoms with Crippen LogP contribution in [-0.2, 0) is 6.18 Å². The first-order valence-corrected chi connectivity index (χ1v) is 5.84. The normalized spacial score (nSPS) is 11.9. The van der Waals surface area contributed by atoms with E-state index in [1.54, 1.807) is 6.07 Å². The SMILES string of the molecule is COc1cc2ncc(Br)cc2c(C)c1C(F)(F)F. The second-order valence-corrected chi connectivity index (χ2v) is 4.71. The van der Waals surface area contributed by atoms with Gasteiger partial charge in [0.2, 0.25) is 0 Å². The van der Waals surface area contributed by atoms with Crippen molar-refractivity contribution in [2.24, 2.45) is 0 Å². The first-order valence-electron chi connectivity index (χ1n) is 5.04. The molecule has 0 aliphatic rings. The Morgan fingerprint density at radius 3 is 2.50 bits per heavy atom. The molecular weight excluding hydrogens is 311 g/mol. The average Bonchev–Trinajstić information content (AvgIpc) is 2.27. The summed E-state index contributed by atoms with van der Waals surface area (Å²) in [5.41, 5.74) is -0.163. The van der Waals surface area contributed by atoms with Gasteiger partial charge in [-0.15, -0.1) is 0 Å². The van der Waals surface area contributed by atoms with Crippen molar-refractivity contribution >= 4 is 26.8 Å². The van der Waals surface area contributed by atoms with Gasteiger partial charge in [0.25, 0.3) is 0 Å². The standard InChI is InChI=1S/C12H9BrF3NO/c1-6-8-3-7(13)5-17-9(8)4-10(18-2)11(6)12(14,15)16/h3-5H,1-2H3. The van der Waals surface area contributed by atoms with Crippen molar-refractivity contribution in [1.29, 1.82) is 0 Å². The highest BCUT2D eigenvalue weighted by Crippen LogP contribution is 2.41. The summed E-state index contributed by atoms with van der Waals surface area (Å²) in [5, 5.41) is 0.456. The number of methoxy groups -OCH3 is 1. The van der Waals surface area contributed by atoms with E-state index in [4.69, 9.17) is 4.74 Å². The van der Waals surface area contributed by atoms with Crippen LogP contribution in [0, 0.1) is 6.92 Å². The average molecular weight is 320 g/mol. The quantitative estimate of drug-likeness (QED) is 0.780. The summed E-state index contributed by atoms with van der Waals surface area (Å²) in [5.74, 6) is -0.206. The first-order chi connectivity index (χ1) is 8.34. The number of hydrogen-bond acceptors (Lipinski definition) is 2. The summed E-state index contributed by atoms with van der Waals surface area (Å²) in [4.78, 5) is 4.08. The van der Waals surface area contributed by atoms with Gasteiger partial charge in [0.05, 0.1) is 12.6 Å².